The minimum atomic E-state index is -6.03. The zero-order chi connectivity index (χ0) is 22.4. The number of benzene rings is 2. The number of alkyl halides is 6. The first kappa shape index (κ1) is 21.6. The third-order valence-electron chi connectivity index (χ3n) is 4.30. The lowest BCUT2D eigenvalue weighted by atomic mass is 9.69. The van der Waals surface area contributed by atoms with Crippen LogP contribution in [0.15, 0.2) is 24.3 Å². The maximum absolute atomic E-state index is 14.3. The van der Waals surface area contributed by atoms with Crippen molar-refractivity contribution in [2.45, 2.75) is 17.8 Å². The molecule has 0 fully saturated rings. The fourth-order valence-electron chi connectivity index (χ4n) is 2.99. The molecule has 2 aromatic carbocycles. The van der Waals surface area contributed by atoms with Crippen LogP contribution in [0.3, 0.4) is 0 Å². The molecule has 0 atom stereocenters. The van der Waals surface area contributed by atoms with Gasteiger partial charge in [0.25, 0.3) is 0 Å². The number of nitrogen functional groups attached to an aromatic ring is 2. The van der Waals surface area contributed by atoms with E-state index in [1.807, 2.05) is 0 Å². The Balaban J connectivity index is 3.24. The topological polar surface area (TPSA) is 92.5 Å². The Labute approximate surface area is 160 Å². The highest BCUT2D eigenvalue weighted by Crippen LogP contribution is 2.58. The van der Waals surface area contributed by atoms with Crippen LogP contribution in [0, 0.1) is 24.7 Å². The normalized spacial score (nSPS) is 12.3. The molecule has 0 aromatic heterocycles. The number of hydrogen-bond donors (Lipinski definition) is 4. The van der Waals surface area contributed by atoms with Crippen LogP contribution in [0.4, 0.5) is 37.7 Å². The van der Waals surface area contributed by atoms with E-state index in [-0.39, 0.29) is 12.1 Å². The summed E-state index contributed by atoms with van der Waals surface area (Å²) in [4.78, 5) is 0. The fourth-order valence-corrected chi connectivity index (χ4v) is 2.99. The van der Waals surface area contributed by atoms with Crippen molar-refractivity contribution in [2.24, 2.45) is 0 Å². The summed E-state index contributed by atoms with van der Waals surface area (Å²) in [6, 6.07) is 1.59. The summed E-state index contributed by atoms with van der Waals surface area (Å²) in [5.41, 5.74) is -0.340. The van der Waals surface area contributed by atoms with Gasteiger partial charge in [-0.15, -0.1) is 12.8 Å². The number of halogens is 6. The van der Waals surface area contributed by atoms with Gasteiger partial charge in [-0.05, 0) is 35.4 Å². The number of terminal acetylenes is 2. The fraction of sp³-hybridized carbons (Fsp3) is 0.158. The van der Waals surface area contributed by atoms with Gasteiger partial charge in [-0.3, -0.25) is 0 Å². The Kier molecular flexibility index (Phi) is 5.03. The van der Waals surface area contributed by atoms with Crippen LogP contribution in [0.25, 0.3) is 0 Å². The molecule has 2 rings (SSSR count). The molecule has 0 bridgehead atoms. The summed E-state index contributed by atoms with van der Waals surface area (Å²) >= 11 is 0. The van der Waals surface area contributed by atoms with Crippen molar-refractivity contribution in [3.63, 3.8) is 0 Å². The number of phenols is 2. The Morgan fingerprint density at radius 2 is 1.00 bits per heavy atom. The SMILES string of the molecule is C#Cc1cc(O)c(N)cc1C(c1cc(N)c(O)cc1C#C)(C(F)(F)F)C(F)(F)F. The summed E-state index contributed by atoms with van der Waals surface area (Å²) < 4.78 is 85.7. The number of phenolic OH excluding ortho intramolecular Hbond substituents is 2. The van der Waals surface area contributed by atoms with Crippen molar-refractivity contribution in [3.8, 4) is 36.2 Å². The first-order valence-corrected chi connectivity index (χ1v) is 7.55. The summed E-state index contributed by atoms with van der Waals surface area (Å²) in [5.74, 6) is 1.79. The molecule has 0 saturated carbocycles. The van der Waals surface area contributed by atoms with Crippen LogP contribution < -0.4 is 11.5 Å². The Morgan fingerprint density at radius 3 is 1.24 bits per heavy atom. The Hall–Kier alpha value is -3.66. The van der Waals surface area contributed by atoms with E-state index in [9.17, 15) is 36.6 Å². The molecule has 10 heteroatoms. The van der Waals surface area contributed by atoms with Crippen molar-refractivity contribution >= 4 is 11.4 Å². The molecular weight excluding hydrogens is 402 g/mol. The highest BCUT2D eigenvalue weighted by atomic mass is 19.4. The molecule has 0 aliphatic rings. The molecule has 0 aliphatic heterocycles. The lowest BCUT2D eigenvalue weighted by Crippen LogP contribution is -2.55. The van der Waals surface area contributed by atoms with E-state index in [2.05, 4.69) is 0 Å². The van der Waals surface area contributed by atoms with Gasteiger partial charge in [0.05, 0.1) is 11.4 Å². The molecule has 0 amide bonds. The molecule has 0 heterocycles. The average molecular weight is 414 g/mol. The zero-order valence-corrected chi connectivity index (χ0v) is 14.3. The first-order valence-electron chi connectivity index (χ1n) is 7.55. The molecular formula is C19H12F6N2O2. The smallest absolute Gasteiger partial charge is 0.411 e. The van der Waals surface area contributed by atoms with Gasteiger partial charge in [0.2, 0.25) is 5.41 Å². The summed E-state index contributed by atoms with van der Waals surface area (Å²) in [5, 5.41) is 19.2. The maximum atomic E-state index is 14.3. The van der Waals surface area contributed by atoms with E-state index < -0.39 is 62.9 Å². The minimum Gasteiger partial charge on any atom is -0.506 e. The molecule has 0 saturated heterocycles. The second-order valence-corrected chi connectivity index (χ2v) is 5.95. The standard InChI is InChI=1S/C19H12F6N2O2/c1-3-9-5-15(28)13(26)7-11(9)17(18(20,21)22,19(23,24)25)12-8-14(27)16(29)6-10(12)4-2/h1-2,5-8,28-29H,26-27H2. The van der Waals surface area contributed by atoms with Gasteiger partial charge in [-0.2, -0.15) is 26.3 Å². The van der Waals surface area contributed by atoms with E-state index in [0.29, 0.717) is 12.1 Å². The van der Waals surface area contributed by atoms with Crippen molar-refractivity contribution in [2.75, 3.05) is 11.5 Å². The van der Waals surface area contributed by atoms with Gasteiger partial charge in [-0.1, -0.05) is 11.8 Å². The monoisotopic (exact) mass is 414 g/mol. The highest BCUT2D eigenvalue weighted by molar-refractivity contribution is 5.68. The molecule has 0 spiro atoms. The van der Waals surface area contributed by atoms with Crippen molar-refractivity contribution in [1.29, 1.82) is 0 Å². The first-order chi connectivity index (χ1) is 13.2. The molecule has 0 aliphatic carbocycles. The third kappa shape index (κ3) is 3.13. The highest BCUT2D eigenvalue weighted by Gasteiger charge is 2.73. The molecule has 0 unspecified atom stereocenters. The van der Waals surface area contributed by atoms with Crippen LogP contribution >= 0.6 is 0 Å². The van der Waals surface area contributed by atoms with E-state index in [4.69, 9.17) is 24.3 Å². The van der Waals surface area contributed by atoms with Crippen LogP contribution in [-0.4, -0.2) is 22.6 Å². The summed E-state index contributed by atoms with van der Waals surface area (Å²) in [6.45, 7) is 0. The summed E-state index contributed by atoms with van der Waals surface area (Å²) in [6.07, 6.45) is -1.84. The predicted octanol–water partition coefficient (Wildman–Crippen LogP) is 3.64. The van der Waals surface area contributed by atoms with Crippen molar-refractivity contribution in [3.05, 3.63) is 46.5 Å². The number of rotatable bonds is 2. The molecule has 6 N–H and O–H groups in total. The molecule has 152 valence electrons. The van der Waals surface area contributed by atoms with Gasteiger partial charge in [0.15, 0.2) is 0 Å². The van der Waals surface area contributed by atoms with Gasteiger partial charge in [0.1, 0.15) is 11.5 Å². The van der Waals surface area contributed by atoms with E-state index in [1.165, 1.54) is 0 Å². The van der Waals surface area contributed by atoms with Crippen LogP contribution in [-0.2, 0) is 5.41 Å². The van der Waals surface area contributed by atoms with Crippen LogP contribution in [0.5, 0.6) is 11.5 Å². The third-order valence-corrected chi connectivity index (χ3v) is 4.30. The largest absolute Gasteiger partial charge is 0.506 e. The minimum absolute atomic E-state index is 0.287. The van der Waals surface area contributed by atoms with Crippen molar-refractivity contribution < 1.29 is 36.6 Å². The number of nitrogens with two attached hydrogens (primary N) is 2. The van der Waals surface area contributed by atoms with Gasteiger partial charge in [0, 0.05) is 11.1 Å². The maximum Gasteiger partial charge on any atom is 0.411 e. The quantitative estimate of drug-likeness (QED) is 0.261. The second-order valence-electron chi connectivity index (χ2n) is 5.95. The lowest BCUT2D eigenvalue weighted by molar-refractivity contribution is -0.288. The van der Waals surface area contributed by atoms with Crippen molar-refractivity contribution in [1.82, 2.24) is 0 Å². The van der Waals surface area contributed by atoms with E-state index in [1.54, 1.807) is 11.8 Å². The van der Waals surface area contributed by atoms with Crippen LogP contribution in [0.1, 0.15) is 22.3 Å². The van der Waals surface area contributed by atoms with E-state index >= 15 is 0 Å². The van der Waals surface area contributed by atoms with E-state index in [0.717, 1.165) is 0 Å². The number of anilines is 2. The molecule has 0 radical (unpaired) electrons. The van der Waals surface area contributed by atoms with Gasteiger partial charge < -0.3 is 21.7 Å². The number of aromatic hydroxyl groups is 2. The Bertz CT molecular complexity index is 973. The number of hydrogen-bond acceptors (Lipinski definition) is 4. The van der Waals surface area contributed by atoms with Gasteiger partial charge in [-0.25, -0.2) is 0 Å². The molecule has 4 nitrogen and oxygen atoms in total. The predicted molar refractivity (Wildman–Crippen MR) is 93.8 cm³/mol. The summed E-state index contributed by atoms with van der Waals surface area (Å²) in [7, 11) is 0. The second kappa shape index (κ2) is 6.74. The molecule has 2 aromatic rings. The average Bonchev–Trinajstić information content (AvgIpc) is 2.58. The Morgan fingerprint density at radius 1 is 0.690 bits per heavy atom. The van der Waals surface area contributed by atoms with Crippen LogP contribution in [0.2, 0.25) is 0 Å². The van der Waals surface area contributed by atoms with Gasteiger partial charge >= 0.3 is 12.4 Å². The lowest BCUT2D eigenvalue weighted by Gasteiger charge is -2.39. The zero-order valence-electron chi connectivity index (χ0n) is 14.3. The molecule has 29 heavy (non-hydrogen) atoms.